The number of hydrogen-bond acceptors (Lipinski definition) is 5. The van der Waals surface area contributed by atoms with Crippen molar-refractivity contribution in [2.75, 3.05) is 13.1 Å². The standard InChI is InChI=1S/C20H19FN4O3S/c1-12(8-13-2-4-15(21)5-3-13)23-17(26)14-10-24(11-14)18(27)16-9-22-20-25(19(16)28)6-7-29-20/h2-7,9,12,14H,8,10-11H2,1H3,(H,23,26). The Balaban J connectivity index is 1.32. The molecule has 0 saturated carbocycles. The maximum atomic E-state index is 13.0. The summed E-state index contributed by atoms with van der Waals surface area (Å²) < 4.78 is 14.3. The number of aromatic nitrogens is 2. The monoisotopic (exact) mass is 414 g/mol. The van der Waals surface area contributed by atoms with Gasteiger partial charge in [-0.05, 0) is 31.0 Å². The molecule has 1 aliphatic heterocycles. The van der Waals surface area contributed by atoms with Crippen molar-refractivity contribution in [3.05, 3.63) is 69.3 Å². The summed E-state index contributed by atoms with van der Waals surface area (Å²) in [6.07, 6.45) is 3.47. The molecule has 7 nitrogen and oxygen atoms in total. The van der Waals surface area contributed by atoms with Crippen molar-refractivity contribution in [1.82, 2.24) is 19.6 Å². The van der Waals surface area contributed by atoms with Crippen LogP contribution in [0.25, 0.3) is 4.96 Å². The van der Waals surface area contributed by atoms with Crippen LogP contribution in [0.4, 0.5) is 4.39 Å². The molecule has 9 heteroatoms. The Hall–Kier alpha value is -3.07. The molecule has 0 bridgehead atoms. The predicted molar refractivity (Wildman–Crippen MR) is 106 cm³/mol. The second kappa shape index (κ2) is 7.75. The molecule has 0 radical (unpaired) electrons. The fourth-order valence-electron chi connectivity index (χ4n) is 3.34. The molecular formula is C20H19FN4O3S. The number of hydrogen-bond donors (Lipinski definition) is 1. The first-order valence-electron chi connectivity index (χ1n) is 9.21. The van der Waals surface area contributed by atoms with Crippen LogP contribution in [0.3, 0.4) is 0 Å². The molecule has 1 fully saturated rings. The Kier molecular flexibility index (Phi) is 5.14. The summed E-state index contributed by atoms with van der Waals surface area (Å²) in [5.74, 6) is -1.15. The highest BCUT2D eigenvalue weighted by Crippen LogP contribution is 2.19. The van der Waals surface area contributed by atoms with Crippen molar-refractivity contribution in [3.63, 3.8) is 0 Å². The van der Waals surface area contributed by atoms with Crippen LogP contribution in [0, 0.1) is 11.7 Å². The number of nitrogens with one attached hydrogen (secondary N) is 1. The quantitative estimate of drug-likeness (QED) is 0.689. The van der Waals surface area contributed by atoms with E-state index in [0.717, 1.165) is 5.56 Å². The maximum Gasteiger partial charge on any atom is 0.271 e. The number of fused-ring (bicyclic) bond motifs is 1. The van der Waals surface area contributed by atoms with Gasteiger partial charge in [-0.2, -0.15) is 0 Å². The minimum absolute atomic E-state index is 0.00411. The topological polar surface area (TPSA) is 83.8 Å². The Labute approximate surface area is 169 Å². The van der Waals surface area contributed by atoms with E-state index < -0.39 is 11.5 Å². The molecule has 150 valence electrons. The van der Waals surface area contributed by atoms with Crippen molar-refractivity contribution >= 4 is 28.1 Å². The lowest BCUT2D eigenvalue weighted by Crippen LogP contribution is -2.57. The minimum atomic E-state index is -0.411. The molecule has 1 atom stereocenters. The first-order valence-corrected chi connectivity index (χ1v) is 10.1. The van der Waals surface area contributed by atoms with Crippen molar-refractivity contribution in [3.8, 4) is 0 Å². The highest BCUT2D eigenvalue weighted by atomic mass is 32.1. The molecule has 2 amide bonds. The zero-order chi connectivity index (χ0) is 20.5. The number of rotatable bonds is 5. The minimum Gasteiger partial charge on any atom is -0.353 e. The zero-order valence-corrected chi connectivity index (χ0v) is 16.5. The first kappa shape index (κ1) is 19.3. The molecule has 1 unspecified atom stereocenters. The second-order valence-electron chi connectivity index (χ2n) is 7.18. The van der Waals surface area contributed by atoms with Crippen LogP contribution < -0.4 is 10.9 Å². The van der Waals surface area contributed by atoms with Crippen LogP contribution in [0.15, 0.2) is 46.8 Å². The average molecular weight is 414 g/mol. The molecule has 4 rings (SSSR count). The van der Waals surface area contributed by atoms with E-state index in [4.69, 9.17) is 0 Å². The molecule has 3 heterocycles. The first-order chi connectivity index (χ1) is 13.9. The molecule has 1 aromatic carbocycles. The van der Waals surface area contributed by atoms with E-state index in [1.54, 1.807) is 23.7 Å². The van der Waals surface area contributed by atoms with Crippen LogP contribution in [0.2, 0.25) is 0 Å². The summed E-state index contributed by atoms with van der Waals surface area (Å²) in [4.78, 5) is 43.5. The molecule has 1 N–H and O–H groups in total. The molecule has 3 aromatic rings. The van der Waals surface area contributed by atoms with Crippen LogP contribution in [0.1, 0.15) is 22.8 Å². The van der Waals surface area contributed by atoms with Gasteiger partial charge in [-0.15, -0.1) is 11.3 Å². The van der Waals surface area contributed by atoms with Crippen LogP contribution in [0.5, 0.6) is 0 Å². The van der Waals surface area contributed by atoms with Crippen molar-refractivity contribution in [2.45, 2.75) is 19.4 Å². The summed E-state index contributed by atoms with van der Waals surface area (Å²) >= 11 is 1.32. The number of benzene rings is 1. The van der Waals surface area contributed by atoms with Crippen LogP contribution in [-0.2, 0) is 11.2 Å². The second-order valence-corrected chi connectivity index (χ2v) is 8.05. The summed E-state index contributed by atoms with van der Waals surface area (Å²) in [7, 11) is 0. The SMILES string of the molecule is CC(Cc1ccc(F)cc1)NC(=O)C1CN(C(=O)c2cnc3sccn3c2=O)C1. The summed E-state index contributed by atoms with van der Waals surface area (Å²) in [5, 5.41) is 4.66. The fourth-order valence-corrected chi connectivity index (χ4v) is 4.01. The number of carbonyl (C=O) groups is 2. The summed E-state index contributed by atoms with van der Waals surface area (Å²) in [5.41, 5.74) is 0.535. The average Bonchev–Trinajstić information content (AvgIpc) is 3.12. The molecule has 29 heavy (non-hydrogen) atoms. The Morgan fingerprint density at radius 3 is 2.76 bits per heavy atom. The number of nitrogens with zero attached hydrogens (tertiary/aromatic N) is 3. The van der Waals surface area contributed by atoms with E-state index >= 15 is 0 Å². The predicted octanol–water partition coefficient (Wildman–Crippen LogP) is 1.71. The van der Waals surface area contributed by atoms with Gasteiger partial charge in [-0.25, -0.2) is 9.37 Å². The van der Waals surface area contributed by atoms with Gasteiger partial charge in [0.2, 0.25) is 5.91 Å². The van der Waals surface area contributed by atoms with E-state index in [0.29, 0.717) is 11.4 Å². The van der Waals surface area contributed by atoms with E-state index in [-0.39, 0.29) is 42.3 Å². The van der Waals surface area contributed by atoms with Gasteiger partial charge in [0.15, 0.2) is 4.96 Å². The lowest BCUT2D eigenvalue weighted by atomic mass is 9.97. The molecule has 0 spiro atoms. The highest BCUT2D eigenvalue weighted by molar-refractivity contribution is 7.15. The van der Waals surface area contributed by atoms with Crippen LogP contribution >= 0.6 is 11.3 Å². The summed E-state index contributed by atoms with van der Waals surface area (Å²) in [6.45, 7) is 2.41. The van der Waals surface area contributed by atoms with Gasteiger partial charge in [0, 0.05) is 36.9 Å². The van der Waals surface area contributed by atoms with Gasteiger partial charge in [-0.3, -0.25) is 18.8 Å². The third kappa shape index (κ3) is 3.91. The molecule has 0 aliphatic carbocycles. The Bertz CT molecular complexity index is 1120. The third-order valence-corrected chi connectivity index (χ3v) is 5.73. The Morgan fingerprint density at radius 2 is 2.03 bits per heavy atom. The van der Waals surface area contributed by atoms with Gasteiger partial charge in [-0.1, -0.05) is 12.1 Å². The number of carbonyl (C=O) groups excluding carboxylic acids is 2. The van der Waals surface area contributed by atoms with Crippen molar-refractivity contribution in [2.24, 2.45) is 5.92 Å². The van der Waals surface area contributed by atoms with E-state index in [1.807, 2.05) is 6.92 Å². The van der Waals surface area contributed by atoms with Gasteiger partial charge in [0.05, 0.1) is 5.92 Å². The van der Waals surface area contributed by atoms with Gasteiger partial charge < -0.3 is 10.2 Å². The molecule has 1 aliphatic rings. The van der Waals surface area contributed by atoms with Gasteiger partial charge in [0.1, 0.15) is 11.4 Å². The smallest absolute Gasteiger partial charge is 0.271 e. The normalized spacial score (nSPS) is 15.2. The lowest BCUT2D eigenvalue weighted by Gasteiger charge is -2.38. The third-order valence-electron chi connectivity index (χ3n) is 4.96. The van der Waals surface area contributed by atoms with E-state index in [1.165, 1.54) is 39.0 Å². The van der Waals surface area contributed by atoms with Crippen molar-refractivity contribution < 1.29 is 14.0 Å². The Morgan fingerprint density at radius 1 is 1.31 bits per heavy atom. The number of likely N-dealkylation sites (tertiary alicyclic amines) is 1. The number of thiazole rings is 1. The largest absolute Gasteiger partial charge is 0.353 e. The van der Waals surface area contributed by atoms with Gasteiger partial charge in [0.25, 0.3) is 11.5 Å². The summed E-state index contributed by atoms with van der Waals surface area (Å²) in [6, 6.07) is 6.05. The van der Waals surface area contributed by atoms with Gasteiger partial charge >= 0.3 is 0 Å². The zero-order valence-electron chi connectivity index (χ0n) is 15.7. The van der Waals surface area contributed by atoms with E-state index in [2.05, 4.69) is 10.3 Å². The number of halogens is 1. The lowest BCUT2D eigenvalue weighted by molar-refractivity contribution is -0.129. The van der Waals surface area contributed by atoms with Crippen LogP contribution in [-0.4, -0.2) is 45.2 Å². The molecular weight excluding hydrogens is 395 g/mol. The molecule has 1 saturated heterocycles. The van der Waals surface area contributed by atoms with Crippen molar-refractivity contribution in [1.29, 1.82) is 0 Å². The molecule has 2 aromatic heterocycles. The maximum absolute atomic E-state index is 13.0. The fraction of sp³-hybridized carbons (Fsp3) is 0.300. The number of amides is 2. The van der Waals surface area contributed by atoms with E-state index in [9.17, 15) is 18.8 Å². The highest BCUT2D eigenvalue weighted by Gasteiger charge is 2.37.